The lowest BCUT2D eigenvalue weighted by Gasteiger charge is -2.01. The smallest absolute Gasteiger partial charge is 0.232 e. The summed E-state index contributed by atoms with van der Waals surface area (Å²) in [5, 5.41) is 0. The van der Waals surface area contributed by atoms with E-state index in [1.54, 1.807) is 6.92 Å². The van der Waals surface area contributed by atoms with Crippen LogP contribution in [0.25, 0.3) is 0 Å². The Morgan fingerprint density at radius 3 is 2.50 bits per heavy atom. The van der Waals surface area contributed by atoms with Crippen molar-refractivity contribution in [2.75, 3.05) is 13.3 Å². The summed E-state index contributed by atoms with van der Waals surface area (Å²) in [5.74, 6) is 1.38. The fraction of sp³-hybridized carbons (Fsp3) is 0.500. The van der Waals surface area contributed by atoms with E-state index in [0.717, 1.165) is 0 Å². The molecule has 0 aliphatic carbocycles. The maximum Gasteiger partial charge on any atom is 0.232 e. The summed E-state index contributed by atoms with van der Waals surface area (Å²) in [6.07, 6.45) is 0.0509. The molecule has 1 aliphatic rings. The molecule has 1 heterocycles. The first kappa shape index (κ1) is 7.70. The maximum absolute atomic E-state index is 11.3. The zero-order valence-corrected chi connectivity index (χ0v) is 6.85. The van der Waals surface area contributed by atoms with Gasteiger partial charge >= 0.3 is 0 Å². The van der Waals surface area contributed by atoms with Gasteiger partial charge in [-0.05, 0) is 12.5 Å². The highest BCUT2D eigenvalue weighted by molar-refractivity contribution is 7.64. The third-order valence-corrected chi connectivity index (χ3v) is 3.63. The summed E-state index contributed by atoms with van der Waals surface area (Å²) < 4.78 is 16.0. The quantitative estimate of drug-likeness (QED) is 0.544. The van der Waals surface area contributed by atoms with Crippen molar-refractivity contribution < 1.29 is 13.9 Å². The Balaban J connectivity index is 2.94. The van der Waals surface area contributed by atoms with Gasteiger partial charge in [-0.1, -0.05) is 0 Å². The van der Waals surface area contributed by atoms with Crippen LogP contribution in [0.1, 0.15) is 6.92 Å². The molecule has 0 bridgehead atoms. The van der Waals surface area contributed by atoms with Crippen LogP contribution in [0.15, 0.2) is 11.4 Å². The molecule has 0 aromatic carbocycles. The van der Waals surface area contributed by atoms with Gasteiger partial charge in [0.2, 0.25) is 7.37 Å². The molecular weight excluding hydrogens is 151 g/mol. The summed E-state index contributed by atoms with van der Waals surface area (Å²) in [6, 6.07) is 0. The van der Waals surface area contributed by atoms with E-state index in [2.05, 4.69) is 0 Å². The van der Waals surface area contributed by atoms with Crippen molar-refractivity contribution in [3.05, 3.63) is 11.4 Å². The standard InChI is InChI=1S/C6H9O3P/c1-5-3-10(8,9-2)4-6(5)7/h3H,4H2,1-2H3. The van der Waals surface area contributed by atoms with Crippen LogP contribution in [0, 0.1) is 0 Å². The second-order valence-corrected chi connectivity index (χ2v) is 4.69. The predicted octanol–water partition coefficient (Wildman–Crippen LogP) is 1.40. The van der Waals surface area contributed by atoms with Crippen molar-refractivity contribution in [1.82, 2.24) is 0 Å². The average molecular weight is 160 g/mol. The van der Waals surface area contributed by atoms with Crippen LogP contribution >= 0.6 is 7.37 Å². The fourth-order valence-electron chi connectivity index (χ4n) is 0.855. The summed E-state index contributed by atoms with van der Waals surface area (Å²) in [7, 11) is -1.31. The average Bonchev–Trinajstić information content (AvgIpc) is 2.10. The highest BCUT2D eigenvalue weighted by Crippen LogP contribution is 2.52. The molecule has 1 aliphatic heterocycles. The van der Waals surface area contributed by atoms with Crippen LogP contribution in [0.3, 0.4) is 0 Å². The van der Waals surface area contributed by atoms with Crippen molar-refractivity contribution in [3.8, 4) is 0 Å². The lowest BCUT2D eigenvalue weighted by molar-refractivity contribution is -0.113. The summed E-state index contributed by atoms with van der Waals surface area (Å²) in [4.78, 5) is 10.8. The van der Waals surface area contributed by atoms with Gasteiger partial charge in [0.05, 0.1) is 6.16 Å². The zero-order valence-electron chi connectivity index (χ0n) is 5.96. The SMILES string of the molecule is COP1(=O)C=C(C)C(=O)C1. The van der Waals surface area contributed by atoms with Crippen LogP contribution in [-0.4, -0.2) is 19.1 Å². The third kappa shape index (κ3) is 1.20. The molecule has 0 aromatic heterocycles. The molecular formula is C6H9O3P. The molecule has 0 fully saturated rings. The highest BCUT2D eigenvalue weighted by Gasteiger charge is 2.30. The summed E-state index contributed by atoms with van der Waals surface area (Å²) in [6.45, 7) is 1.65. The molecule has 0 aromatic rings. The predicted molar refractivity (Wildman–Crippen MR) is 38.2 cm³/mol. The van der Waals surface area contributed by atoms with Crippen molar-refractivity contribution in [1.29, 1.82) is 0 Å². The molecule has 3 nitrogen and oxygen atoms in total. The van der Waals surface area contributed by atoms with Crippen LogP contribution in [-0.2, 0) is 13.9 Å². The van der Waals surface area contributed by atoms with Crippen molar-refractivity contribution >= 4 is 13.2 Å². The normalized spacial score (nSPS) is 32.6. The Bertz CT molecular complexity index is 241. The molecule has 0 radical (unpaired) electrons. The number of allylic oxidation sites excluding steroid dienone is 1. The van der Waals surface area contributed by atoms with Gasteiger partial charge in [0, 0.05) is 12.9 Å². The minimum absolute atomic E-state index is 0.0509. The van der Waals surface area contributed by atoms with Crippen LogP contribution in [0.5, 0.6) is 0 Å². The van der Waals surface area contributed by atoms with Crippen LogP contribution in [0.2, 0.25) is 0 Å². The molecule has 1 rings (SSSR count). The molecule has 10 heavy (non-hydrogen) atoms. The molecule has 0 saturated heterocycles. The topological polar surface area (TPSA) is 43.4 Å². The molecule has 56 valence electrons. The second kappa shape index (κ2) is 2.33. The molecule has 1 unspecified atom stereocenters. The number of hydrogen-bond donors (Lipinski definition) is 0. The number of carbonyl (C=O) groups is 1. The molecule has 0 spiro atoms. The Hall–Kier alpha value is -0.400. The van der Waals surface area contributed by atoms with Gasteiger partial charge in [-0.25, -0.2) is 0 Å². The molecule has 0 N–H and O–H groups in total. The lowest BCUT2D eigenvalue weighted by atomic mass is 10.3. The van der Waals surface area contributed by atoms with Gasteiger partial charge in [0.25, 0.3) is 0 Å². The summed E-state index contributed by atoms with van der Waals surface area (Å²) in [5.41, 5.74) is 0.560. The number of rotatable bonds is 1. The Labute approximate surface area is 59.5 Å². The maximum atomic E-state index is 11.3. The van der Waals surface area contributed by atoms with Gasteiger partial charge in [-0.15, -0.1) is 0 Å². The Kier molecular flexibility index (Phi) is 1.80. The molecule has 0 saturated carbocycles. The van der Waals surface area contributed by atoms with Gasteiger partial charge in [0.1, 0.15) is 0 Å². The second-order valence-electron chi connectivity index (χ2n) is 2.30. The first-order chi connectivity index (χ1) is 4.57. The number of Topliss-reactive ketones (excluding diaryl/α,β-unsaturated/α-hetero) is 1. The van der Waals surface area contributed by atoms with E-state index in [4.69, 9.17) is 4.52 Å². The highest BCUT2D eigenvalue weighted by atomic mass is 31.2. The number of hydrogen-bond acceptors (Lipinski definition) is 3. The molecule has 1 atom stereocenters. The van der Waals surface area contributed by atoms with Gasteiger partial charge in [-0.2, -0.15) is 0 Å². The van der Waals surface area contributed by atoms with Gasteiger partial charge in [0.15, 0.2) is 5.78 Å². The zero-order chi connectivity index (χ0) is 7.78. The van der Waals surface area contributed by atoms with E-state index in [0.29, 0.717) is 5.57 Å². The molecule has 4 heteroatoms. The minimum Gasteiger partial charge on any atom is -0.329 e. The van der Waals surface area contributed by atoms with E-state index in [1.165, 1.54) is 12.9 Å². The molecule has 0 amide bonds. The Morgan fingerprint density at radius 2 is 2.30 bits per heavy atom. The van der Waals surface area contributed by atoms with E-state index in [1.807, 2.05) is 0 Å². The van der Waals surface area contributed by atoms with Gasteiger partial charge < -0.3 is 4.52 Å². The van der Waals surface area contributed by atoms with Crippen LogP contribution in [0.4, 0.5) is 0 Å². The van der Waals surface area contributed by atoms with E-state index in [-0.39, 0.29) is 11.9 Å². The van der Waals surface area contributed by atoms with Crippen molar-refractivity contribution in [2.24, 2.45) is 0 Å². The monoisotopic (exact) mass is 160 g/mol. The first-order valence-corrected chi connectivity index (χ1v) is 4.82. The number of ketones is 1. The Morgan fingerprint density at radius 1 is 1.70 bits per heavy atom. The van der Waals surface area contributed by atoms with Crippen molar-refractivity contribution in [3.63, 3.8) is 0 Å². The van der Waals surface area contributed by atoms with Crippen molar-refractivity contribution in [2.45, 2.75) is 6.92 Å². The largest absolute Gasteiger partial charge is 0.329 e. The van der Waals surface area contributed by atoms with Gasteiger partial charge in [-0.3, -0.25) is 9.36 Å². The summed E-state index contributed by atoms with van der Waals surface area (Å²) >= 11 is 0. The van der Waals surface area contributed by atoms with E-state index in [9.17, 15) is 9.36 Å². The lowest BCUT2D eigenvalue weighted by Crippen LogP contribution is -1.97. The van der Waals surface area contributed by atoms with E-state index >= 15 is 0 Å². The third-order valence-electron chi connectivity index (χ3n) is 1.50. The van der Waals surface area contributed by atoms with E-state index < -0.39 is 7.37 Å². The fourth-order valence-corrected chi connectivity index (χ4v) is 2.56. The minimum atomic E-state index is -2.67. The van der Waals surface area contributed by atoms with Crippen LogP contribution < -0.4 is 0 Å². The first-order valence-electron chi connectivity index (χ1n) is 2.94. The number of carbonyl (C=O) groups excluding carboxylic acids is 1.